The molecule has 1 aliphatic rings. The third-order valence-corrected chi connectivity index (χ3v) is 2.07. The summed E-state index contributed by atoms with van der Waals surface area (Å²) in [5, 5.41) is 9.65. The van der Waals surface area contributed by atoms with Crippen LogP contribution in [0.25, 0.3) is 0 Å². The van der Waals surface area contributed by atoms with E-state index in [9.17, 15) is 5.11 Å². The molecular weight excluding hydrogens is 180 g/mol. The molecule has 0 saturated heterocycles. The van der Waals surface area contributed by atoms with Gasteiger partial charge in [0, 0.05) is 6.42 Å². The van der Waals surface area contributed by atoms with Crippen LogP contribution in [-0.4, -0.2) is 17.5 Å². The van der Waals surface area contributed by atoms with Crippen LogP contribution in [0.1, 0.15) is 19.4 Å². The van der Waals surface area contributed by atoms with Crippen LogP contribution in [0.5, 0.6) is 11.5 Å². The van der Waals surface area contributed by atoms with E-state index in [-0.39, 0.29) is 0 Å². The zero-order valence-corrected chi connectivity index (χ0v) is 8.41. The number of ether oxygens (including phenoxy) is 2. The highest BCUT2D eigenvalue weighted by atomic mass is 16.7. The molecule has 76 valence electrons. The fourth-order valence-electron chi connectivity index (χ4n) is 1.55. The molecule has 0 spiro atoms. The van der Waals surface area contributed by atoms with Crippen molar-refractivity contribution in [3.8, 4) is 11.5 Å². The molecule has 0 unspecified atom stereocenters. The summed E-state index contributed by atoms with van der Waals surface area (Å²) in [6.45, 7) is 3.87. The van der Waals surface area contributed by atoms with E-state index in [1.165, 1.54) is 0 Å². The maximum Gasteiger partial charge on any atom is 0.231 e. The first-order chi connectivity index (χ1) is 6.54. The van der Waals surface area contributed by atoms with E-state index in [0.717, 1.165) is 17.1 Å². The first-order valence-electron chi connectivity index (χ1n) is 4.65. The Balaban J connectivity index is 2.21. The average Bonchev–Trinajstić information content (AvgIpc) is 2.47. The summed E-state index contributed by atoms with van der Waals surface area (Å²) >= 11 is 0. The molecule has 2 rings (SSSR count). The number of fused-ring (bicyclic) bond motifs is 1. The summed E-state index contributed by atoms with van der Waals surface area (Å²) in [7, 11) is 0. The van der Waals surface area contributed by atoms with Gasteiger partial charge in [-0.3, -0.25) is 0 Å². The molecule has 3 nitrogen and oxygen atoms in total. The van der Waals surface area contributed by atoms with Crippen molar-refractivity contribution in [3.63, 3.8) is 0 Å². The van der Waals surface area contributed by atoms with Crippen LogP contribution in [0.3, 0.4) is 0 Å². The summed E-state index contributed by atoms with van der Waals surface area (Å²) in [6, 6.07) is 5.75. The molecule has 1 aliphatic heterocycles. The third-order valence-electron chi connectivity index (χ3n) is 2.07. The molecule has 1 aromatic rings. The Kier molecular flexibility index (Phi) is 2.11. The maximum atomic E-state index is 9.65. The van der Waals surface area contributed by atoms with Gasteiger partial charge in [0.25, 0.3) is 0 Å². The highest BCUT2D eigenvalue weighted by Crippen LogP contribution is 2.33. The van der Waals surface area contributed by atoms with Crippen LogP contribution >= 0.6 is 0 Å². The van der Waals surface area contributed by atoms with Crippen LogP contribution in [0.2, 0.25) is 0 Å². The Labute approximate surface area is 83.3 Å². The second-order valence-electron chi connectivity index (χ2n) is 4.18. The number of rotatable bonds is 2. The van der Waals surface area contributed by atoms with Crippen molar-refractivity contribution >= 4 is 0 Å². The fraction of sp³-hybridized carbons (Fsp3) is 0.455. The molecule has 14 heavy (non-hydrogen) atoms. The zero-order chi connectivity index (χ0) is 10.2. The second kappa shape index (κ2) is 3.17. The normalized spacial score (nSPS) is 14.5. The highest BCUT2D eigenvalue weighted by Gasteiger charge is 2.17. The molecule has 0 radical (unpaired) electrons. The van der Waals surface area contributed by atoms with Crippen molar-refractivity contribution in [3.05, 3.63) is 23.8 Å². The molecule has 0 saturated carbocycles. The predicted molar refractivity (Wildman–Crippen MR) is 52.6 cm³/mol. The monoisotopic (exact) mass is 194 g/mol. The number of hydrogen-bond donors (Lipinski definition) is 1. The van der Waals surface area contributed by atoms with E-state index in [4.69, 9.17) is 9.47 Å². The lowest BCUT2D eigenvalue weighted by Gasteiger charge is -2.16. The standard InChI is InChI=1S/C11H14O3/c1-11(2,12)6-8-3-4-9-10(5-8)14-7-13-9/h3-5,12H,6-7H2,1-2H3. The molecule has 1 N–H and O–H groups in total. The molecule has 1 aromatic carbocycles. The van der Waals surface area contributed by atoms with E-state index in [1.807, 2.05) is 18.2 Å². The number of aliphatic hydroxyl groups is 1. The summed E-state index contributed by atoms with van der Waals surface area (Å²) in [5.41, 5.74) is 0.370. The average molecular weight is 194 g/mol. The fourth-order valence-corrected chi connectivity index (χ4v) is 1.55. The van der Waals surface area contributed by atoms with Crippen molar-refractivity contribution in [2.24, 2.45) is 0 Å². The predicted octanol–water partition coefficient (Wildman–Crippen LogP) is 1.73. The van der Waals surface area contributed by atoms with Gasteiger partial charge in [-0.1, -0.05) is 6.07 Å². The molecule has 3 heteroatoms. The minimum Gasteiger partial charge on any atom is -0.454 e. The molecule has 0 fully saturated rings. The van der Waals surface area contributed by atoms with E-state index >= 15 is 0 Å². The molecule has 0 bridgehead atoms. The van der Waals surface area contributed by atoms with E-state index < -0.39 is 5.60 Å². The Bertz CT molecular complexity index is 339. The van der Waals surface area contributed by atoms with Gasteiger partial charge in [0.05, 0.1) is 5.60 Å². The SMILES string of the molecule is CC(C)(O)Cc1ccc2c(c1)OCO2. The Morgan fingerprint density at radius 2 is 2.00 bits per heavy atom. The second-order valence-corrected chi connectivity index (χ2v) is 4.18. The molecule has 0 amide bonds. The van der Waals surface area contributed by atoms with Crippen molar-refractivity contribution < 1.29 is 14.6 Å². The highest BCUT2D eigenvalue weighted by molar-refractivity contribution is 5.44. The van der Waals surface area contributed by atoms with Gasteiger partial charge < -0.3 is 14.6 Å². The van der Waals surface area contributed by atoms with Gasteiger partial charge in [0.15, 0.2) is 11.5 Å². The minimum atomic E-state index is -0.687. The van der Waals surface area contributed by atoms with E-state index in [1.54, 1.807) is 13.8 Å². The Hall–Kier alpha value is -1.22. The van der Waals surface area contributed by atoms with Gasteiger partial charge in [-0.15, -0.1) is 0 Å². The van der Waals surface area contributed by atoms with Crippen LogP contribution < -0.4 is 9.47 Å². The number of benzene rings is 1. The largest absolute Gasteiger partial charge is 0.454 e. The minimum absolute atomic E-state index is 0.293. The van der Waals surface area contributed by atoms with Crippen LogP contribution in [-0.2, 0) is 6.42 Å². The van der Waals surface area contributed by atoms with Gasteiger partial charge in [0.2, 0.25) is 6.79 Å². The summed E-state index contributed by atoms with van der Waals surface area (Å²) < 4.78 is 10.4. The molecule has 0 aromatic heterocycles. The van der Waals surface area contributed by atoms with E-state index in [0.29, 0.717) is 13.2 Å². The van der Waals surface area contributed by atoms with Gasteiger partial charge >= 0.3 is 0 Å². The van der Waals surface area contributed by atoms with Crippen molar-refractivity contribution in [1.82, 2.24) is 0 Å². The third kappa shape index (κ3) is 1.99. The quantitative estimate of drug-likeness (QED) is 0.779. The lowest BCUT2D eigenvalue weighted by molar-refractivity contribution is 0.0809. The smallest absolute Gasteiger partial charge is 0.231 e. The van der Waals surface area contributed by atoms with Crippen molar-refractivity contribution in [2.45, 2.75) is 25.9 Å². The van der Waals surface area contributed by atoms with Gasteiger partial charge in [0.1, 0.15) is 0 Å². The molecule has 0 aliphatic carbocycles. The zero-order valence-electron chi connectivity index (χ0n) is 8.41. The van der Waals surface area contributed by atoms with Crippen LogP contribution in [0, 0.1) is 0 Å². The number of hydrogen-bond acceptors (Lipinski definition) is 3. The van der Waals surface area contributed by atoms with Gasteiger partial charge in [-0.2, -0.15) is 0 Å². The van der Waals surface area contributed by atoms with Crippen molar-refractivity contribution in [2.75, 3.05) is 6.79 Å². The first-order valence-corrected chi connectivity index (χ1v) is 4.65. The summed E-state index contributed by atoms with van der Waals surface area (Å²) in [5.74, 6) is 1.55. The van der Waals surface area contributed by atoms with Crippen molar-refractivity contribution in [1.29, 1.82) is 0 Å². The van der Waals surface area contributed by atoms with Crippen LogP contribution in [0.15, 0.2) is 18.2 Å². The lowest BCUT2D eigenvalue weighted by atomic mass is 9.98. The van der Waals surface area contributed by atoms with Crippen LogP contribution in [0.4, 0.5) is 0 Å². The Morgan fingerprint density at radius 1 is 1.29 bits per heavy atom. The lowest BCUT2D eigenvalue weighted by Crippen LogP contribution is -2.21. The summed E-state index contributed by atoms with van der Waals surface area (Å²) in [6.07, 6.45) is 0.615. The molecule has 0 atom stereocenters. The topological polar surface area (TPSA) is 38.7 Å². The molecule has 1 heterocycles. The van der Waals surface area contributed by atoms with Gasteiger partial charge in [-0.25, -0.2) is 0 Å². The van der Waals surface area contributed by atoms with Gasteiger partial charge in [-0.05, 0) is 31.5 Å². The maximum absolute atomic E-state index is 9.65. The molecular formula is C11H14O3. The first kappa shape index (κ1) is 9.34. The van der Waals surface area contributed by atoms with E-state index in [2.05, 4.69) is 0 Å². The summed E-state index contributed by atoms with van der Waals surface area (Å²) in [4.78, 5) is 0. The Morgan fingerprint density at radius 3 is 2.71 bits per heavy atom.